The maximum absolute atomic E-state index is 12.5. The van der Waals surface area contributed by atoms with Crippen molar-refractivity contribution in [1.82, 2.24) is 19.8 Å². The summed E-state index contributed by atoms with van der Waals surface area (Å²) >= 11 is 0. The van der Waals surface area contributed by atoms with Crippen molar-refractivity contribution in [3.63, 3.8) is 0 Å². The highest BCUT2D eigenvalue weighted by molar-refractivity contribution is 6.07. The Morgan fingerprint density at radius 1 is 0.791 bits per heavy atom. The first kappa shape index (κ1) is 31.3. The summed E-state index contributed by atoms with van der Waals surface area (Å²) in [7, 11) is 0. The molecule has 1 saturated heterocycles. The number of aromatic nitrogens is 2. The van der Waals surface area contributed by atoms with E-state index in [1.54, 1.807) is 10.6 Å². The highest BCUT2D eigenvalue weighted by atomic mass is 16.7. The Labute approximate surface area is 248 Å². The van der Waals surface area contributed by atoms with Crippen molar-refractivity contribution in [2.45, 2.75) is 47.1 Å². The van der Waals surface area contributed by atoms with Crippen LogP contribution in [0.4, 0.5) is 0 Å². The second-order valence-corrected chi connectivity index (χ2v) is 10.1. The molecule has 2 aromatic carbocycles. The van der Waals surface area contributed by atoms with Crippen molar-refractivity contribution >= 4 is 39.9 Å². The van der Waals surface area contributed by atoms with Crippen LogP contribution in [0, 0.1) is 13.8 Å². The first-order chi connectivity index (χ1) is 20.7. The van der Waals surface area contributed by atoms with E-state index in [9.17, 15) is 24.0 Å². The zero-order chi connectivity index (χ0) is 31.1. The number of pyridine rings is 2. The molecule has 1 aliphatic rings. The molecule has 1 fully saturated rings. The van der Waals surface area contributed by atoms with Gasteiger partial charge in [0.15, 0.2) is 6.29 Å². The number of aryl methyl sites for hydroxylation is 2. The van der Waals surface area contributed by atoms with Crippen molar-refractivity contribution < 1.29 is 23.9 Å². The number of aldehydes is 1. The molecule has 0 atom stereocenters. The fourth-order valence-corrected chi connectivity index (χ4v) is 4.98. The average Bonchev–Trinajstić information content (AvgIpc) is 3.49. The largest absolute Gasteiger partial charge is 0.352 e. The lowest BCUT2D eigenvalue weighted by atomic mass is 10.1. The second kappa shape index (κ2) is 14.0. The van der Waals surface area contributed by atoms with Crippen molar-refractivity contribution in [2.75, 3.05) is 26.3 Å². The molecule has 2 N–H and O–H groups in total. The Bertz CT molecular complexity index is 1790. The van der Waals surface area contributed by atoms with Gasteiger partial charge in [-0.15, -0.1) is 0 Å². The van der Waals surface area contributed by atoms with Crippen molar-refractivity contribution in [3.05, 3.63) is 91.5 Å². The van der Waals surface area contributed by atoms with Crippen molar-refractivity contribution in [1.29, 1.82) is 0 Å². The number of nitrogens with one attached hydrogen (secondary N) is 2. The van der Waals surface area contributed by atoms with Gasteiger partial charge in [0.25, 0.3) is 22.9 Å². The highest BCUT2D eigenvalue weighted by Crippen LogP contribution is 2.21. The van der Waals surface area contributed by atoms with Crippen LogP contribution in [0.3, 0.4) is 0 Å². The monoisotopic (exact) mass is 588 g/mol. The van der Waals surface area contributed by atoms with E-state index in [0.717, 1.165) is 22.0 Å². The third-order valence-corrected chi connectivity index (χ3v) is 6.98. The Hall–Kier alpha value is -4.61. The van der Waals surface area contributed by atoms with Crippen LogP contribution in [0.5, 0.6) is 0 Å². The predicted octanol–water partition coefficient (Wildman–Crippen LogP) is 2.69. The number of hydrogen-bond donors (Lipinski definition) is 2. The lowest BCUT2D eigenvalue weighted by Gasteiger charge is -2.16. The van der Waals surface area contributed by atoms with Gasteiger partial charge in [-0.3, -0.25) is 19.2 Å². The minimum absolute atomic E-state index is 0.0194. The van der Waals surface area contributed by atoms with Gasteiger partial charge in [0.05, 0.1) is 48.5 Å². The number of rotatable bonds is 8. The molecule has 226 valence electrons. The van der Waals surface area contributed by atoms with Crippen LogP contribution in [0.15, 0.2) is 58.1 Å². The number of nitrogens with zero attached hydrogens (tertiary/aromatic N) is 2. The molecule has 43 heavy (non-hydrogen) atoms. The van der Waals surface area contributed by atoms with Gasteiger partial charge in [-0.05, 0) is 51.0 Å². The summed E-state index contributed by atoms with van der Waals surface area (Å²) in [6.07, 6.45) is 0.251. The van der Waals surface area contributed by atoms with E-state index >= 15 is 0 Å². The predicted molar refractivity (Wildman–Crippen MR) is 164 cm³/mol. The molecule has 3 heterocycles. The summed E-state index contributed by atoms with van der Waals surface area (Å²) in [5, 5.41) is 6.86. The van der Waals surface area contributed by atoms with Gasteiger partial charge in [0.2, 0.25) is 0 Å². The zero-order valence-electron chi connectivity index (χ0n) is 24.8. The van der Waals surface area contributed by atoms with Gasteiger partial charge in [0, 0.05) is 36.0 Å². The van der Waals surface area contributed by atoms with Gasteiger partial charge < -0.3 is 34.0 Å². The SMILES string of the molecule is CCNC(=O)c1cc(=O)n(CC2OCCO2)c2cc(C)ccc12.CCNC(=O)c1cc(=O)n(CC=O)c2cc(C)ccc12. The van der Waals surface area contributed by atoms with Gasteiger partial charge in [-0.1, -0.05) is 24.3 Å². The number of carbonyl (C=O) groups is 3. The molecular formula is C32H36N4O7. The number of fused-ring (bicyclic) bond motifs is 2. The van der Waals surface area contributed by atoms with Crippen LogP contribution in [0.2, 0.25) is 0 Å². The van der Waals surface area contributed by atoms with Gasteiger partial charge >= 0.3 is 0 Å². The molecule has 2 amide bonds. The highest BCUT2D eigenvalue weighted by Gasteiger charge is 2.21. The lowest BCUT2D eigenvalue weighted by Crippen LogP contribution is -2.30. The minimum Gasteiger partial charge on any atom is -0.352 e. The molecule has 11 nitrogen and oxygen atoms in total. The maximum Gasteiger partial charge on any atom is 0.252 e. The van der Waals surface area contributed by atoms with Crippen LogP contribution >= 0.6 is 0 Å². The van der Waals surface area contributed by atoms with Crippen LogP contribution < -0.4 is 21.8 Å². The normalized spacial score (nSPS) is 13.0. The van der Waals surface area contributed by atoms with Gasteiger partial charge in [0.1, 0.15) is 6.29 Å². The molecule has 0 bridgehead atoms. The number of hydrogen-bond acceptors (Lipinski definition) is 7. The maximum atomic E-state index is 12.5. The van der Waals surface area contributed by atoms with Crippen molar-refractivity contribution in [3.8, 4) is 0 Å². The Kier molecular flexibility index (Phi) is 10.2. The summed E-state index contributed by atoms with van der Waals surface area (Å²) in [5.74, 6) is -0.518. The lowest BCUT2D eigenvalue weighted by molar-refractivity contribution is -0.108. The van der Waals surface area contributed by atoms with Crippen LogP contribution in [-0.2, 0) is 27.4 Å². The third-order valence-electron chi connectivity index (χ3n) is 6.98. The van der Waals surface area contributed by atoms with E-state index < -0.39 is 6.29 Å². The fraction of sp³-hybridized carbons (Fsp3) is 0.344. The Balaban J connectivity index is 0.000000199. The standard InChI is InChI=1S/C17H20N2O4.C15H16N2O3/c1-3-18-17(21)13-9-15(20)19(10-16-22-6-7-23-16)14-8-11(2)4-5-12(13)14;1-3-16-15(20)12-9-14(19)17(6-7-18)13-8-10(2)4-5-11(12)13/h4-5,8-9,16H,3,6-7,10H2,1-2H3,(H,18,21);4-5,7-9H,3,6H2,1-2H3,(H,16,20). The van der Waals surface area contributed by atoms with E-state index in [4.69, 9.17) is 9.47 Å². The molecule has 0 saturated carbocycles. The molecule has 1 aliphatic heterocycles. The van der Waals surface area contributed by atoms with E-state index in [1.807, 2.05) is 58.0 Å². The zero-order valence-corrected chi connectivity index (χ0v) is 24.8. The molecule has 0 aliphatic carbocycles. The minimum atomic E-state index is -0.424. The molecule has 0 radical (unpaired) electrons. The molecule has 0 unspecified atom stereocenters. The second-order valence-electron chi connectivity index (χ2n) is 10.1. The molecule has 5 rings (SSSR count). The van der Waals surface area contributed by atoms with E-state index in [2.05, 4.69) is 10.6 Å². The molecular weight excluding hydrogens is 552 g/mol. The Morgan fingerprint density at radius 3 is 1.72 bits per heavy atom. The van der Waals surface area contributed by atoms with Crippen molar-refractivity contribution in [2.24, 2.45) is 0 Å². The summed E-state index contributed by atoms with van der Waals surface area (Å²) in [6, 6.07) is 13.9. The summed E-state index contributed by atoms with van der Waals surface area (Å²) < 4.78 is 13.9. The van der Waals surface area contributed by atoms with Crippen LogP contribution in [-0.4, -0.2) is 59.8 Å². The quantitative estimate of drug-likeness (QED) is 0.302. The van der Waals surface area contributed by atoms with Crippen LogP contribution in [0.1, 0.15) is 45.7 Å². The summed E-state index contributed by atoms with van der Waals surface area (Å²) in [6.45, 7) is 9.88. The average molecular weight is 589 g/mol. The first-order valence-corrected chi connectivity index (χ1v) is 14.2. The number of carbonyl (C=O) groups excluding carboxylic acids is 3. The van der Waals surface area contributed by atoms with E-state index in [0.29, 0.717) is 61.2 Å². The first-order valence-electron chi connectivity index (χ1n) is 14.2. The van der Waals surface area contributed by atoms with E-state index in [-0.39, 0.29) is 29.5 Å². The van der Waals surface area contributed by atoms with Gasteiger partial charge in [-0.25, -0.2) is 0 Å². The summed E-state index contributed by atoms with van der Waals surface area (Å²) in [5.41, 5.74) is 3.46. The molecule has 11 heteroatoms. The molecule has 0 spiro atoms. The smallest absolute Gasteiger partial charge is 0.252 e. The molecule has 4 aromatic rings. The fourth-order valence-electron chi connectivity index (χ4n) is 4.98. The van der Waals surface area contributed by atoms with Gasteiger partial charge in [-0.2, -0.15) is 0 Å². The van der Waals surface area contributed by atoms with E-state index in [1.165, 1.54) is 16.7 Å². The number of ether oxygens (including phenoxy) is 2. The molecule has 2 aromatic heterocycles. The Morgan fingerprint density at radius 2 is 1.26 bits per heavy atom. The third kappa shape index (κ3) is 7.07. The number of benzene rings is 2. The summed E-state index contributed by atoms with van der Waals surface area (Å²) in [4.78, 5) is 59.6. The number of amides is 2. The topological polar surface area (TPSA) is 138 Å². The van der Waals surface area contributed by atoms with Crippen LogP contribution in [0.25, 0.3) is 21.8 Å².